The maximum atomic E-state index is 13.4. The molecule has 2 atom stereocenters. The number of hydrogen-bond acceptors (Lipinski definition) is 6. The molecular formula is C31H40N6O3. The number of hydrogen-bond donors (Lipinski definition) is 3. The van der Waals surface area contributed by atoms with E-state index in [0.29, 0.717) is 6.54 Å². The van der Waals surface area contributed by atoms with E-state index in [1.807, 2.05) is 49.1 Å². The lowest BCUT2D eigenvalue weighted by Crippen LogP contribution is -2.44. The fourth-order valence-electron chi connectivity index (χ4n) is 6.05. The summed E-state index contributed by atoms with van der Waals surface area (Å²) in [6.45, 7) is 5.58. The van der Waals surface area contributed by atoms with E-state index in [1.54, 1.807) is 0 Å². The van der Waals surface area contributed by atoms with Crippen LogP contribution in [0, 0.1) is 12.8 Å². The van der Waals surface area contributed by atoms with E-state index in [-0.39, 0.29) is 18.2 Å². The van der Waals surface area contributed by atoms with Crippen LogP contribution in [0.15, 0.2) is 42.6 Å². The van der Waals surface area contributed by atoms with Crippen LogP contribution in [0.4, 0.5) is 5.82 Å². The predicted molar refractivity (Wildman–Crippen MR) is 155 cm³/mol. The van der Waals surface area contributed by atoms with Crippen molar-refractivity contribution in [3.63, 3.8) is 0 Å². The van der Waals surface area contributed by atoms with E-state index in [9.17, 15) is 14.7 Å². The van der Waals surface area contributed by atoms with Gasteiger partial charge in [0.1, 0.15) is 5.82 Å². The molecule has 212 valence electrons. The standard InChI is InChI=1S/C31H40N6O3/c1-21-19-33-36(2)29(21)24-8-3-7-23(17-24)27(18-28(38)39)35-31(40)25-10-5-15-37(20-25)16-6-11-26-13-12-22-9-4-14-32-30(22)34-26/h3,7-8,12-13,17,19,25,27H,4-6,9-11,14-16,18,20H2,1-2H3,(H,32,34)(H,35,40)(H,38,39)/t25-,27+/m1/s1. The first-order chi connectivity index (χ1) is 19.4. The van der Waals surface area contributed by atoms with Gasteiger partial charge in [-0.3, -0.25) is 14.3 Å². The van der Waals surface area contributed by atoms with Crippen molar-refractivity contribution in [2.75, 3.05) is 31.5 Å². The minimum absolute atomic E-state index is 0.0690. The fourth-order valence-corrected chi connectivity index (χ4v) is 6.05. The van der Waals surface area contributed by atoms with Crippen LogP contribution in [0.5, 0.6) is 0 Å². The van der Waals surface area contributed by atoms with Gasteiger partial charge in [0.05, 0.1) is 30.3 Å². The van der Waals surface area contributed by atoms with E-state index >= 15 is 0 Å². The van der Waals surface area contributed by atoms with Gasteiger partial charge in [-0.05, 0) is 87.4 Å². The Hall–Kier alpha value is -3.72. The van der Waals surface area contributed by atoms with Gasteiger partial charge in [0.15, 0.2) is 0 Å². The number of aryl methyl sites for hydroxylation is 4. The zero-order chi connectivity index (χ0) is 28.1. The van der Waals surface area contributed by atoms with Crippen molar-refractivity contribution >= 4 is 17.7 Å². The molecule has 3 aromatic rings. The molecule has 9 heteroatoms. The molecular weight excluding hydrogens is 504 g/mol. The highest BCUT2D eigenvalue weighted by molar-refractivity contribution is 5.80. The second kappa shape index (κ2) is 12.6. The lowest BCUT2D eigenvalue weighted by Gasteiger charge is -2.33. The quantitative estimate of drug-likeness (QED) is 0.352. The first-order valence-corrected chi connectivity index (χ1v) is 14.4. The number of likely N-dealkylation sites (tertiary alicyclic amines) is 1. The molecule has 2 aliphatic rings. The zero-order valence-electron chi connectivity index (χ0n) is 23.5. The Morgan fingerprint density at radius 3 is 2.90 bits per heavy atom. The van der Waals surface area contributed by atoms with E-state index < -0.39 is 12.0 Å². The Balaban J connectivity index is 1.19. The molecule has 0 bridgehead atoms. The molecule has 40 heavy (non-hydrogen) atoms. The smallest absolute Gasteiger partial charge is 0.305 e. The van der Waals surface area contributed by atoms with Gasteiger partial charge < -0.3 is 20.6 Å². The minimum Gasteiger partial charge on any atom is -0.481 e. The zero-order valence-corrected chi connectivity index (χ0v) is 23.5. The summed E-state index contributed by atoms with van der Waals surface area (Å²) in [6, 6.07) is 11.5. The Morgan fingerprint density at radius 1 is 1.23 bits per heavy atom. The summed E-state index contributed by atoms with van der Waals surface area (Å²) < 4.78 is 1.81. The van der Waals surface area contributed by atoms with Crippen molar-refractivity contribution in [3.8, 4) is 11.3 Å². The van der Waals surface area contributed by atoms with Crippen LogP contribution in [0.25, 0.3) is 11.3 Å². The molecule has 3 N–H and O–H groups in total. The summed E-state index contributed by atoms with van der Waals surface area (Å²) in [7, 11) is 1.89. The third kappa shape index (κ3) is 6.70. The van der Waals surface area contributed by atoms with E-state index in [4.69, 9.17) is 4.98 Å². The molecule has 1 aromatic carbocycles. The molecule has 0 spiro atoms. The van der Waals surface area contributed by atoms with Crippen molar-refractivity contribution in [2.45, 2.75) is 57.9 Å². The monoisotopic (exact) mass is 544 g/mol. The number of carboxylic acid groups (broad SMARTS) is 1. The van der Waals surface area contributed by atoms with Crippen LogP contribution in [0.3, 0.4) is 0 Å². The van der Waals surface area contributed by atoms with Crippen LogP contribution < -0.4 is 10.6 Å². The number of rotatable bonds is 10. The van der Waals surface area contributed by atoms with Crippen LogP contribution in [-0.2, 0) is 29.5 Å². The topological polar surface area (TPSA) is 112 Å². The third-order valence-electron chi connectivity index (χ3n) is 8.11. The van der Waals surface area contributed by atoms with Crippen molar-refractivity contribution in [2.24, 2.45) is 13.0 Å². The molecule has 5 rings (SSSR count). The fraction of sp³-hybridized carbons (Fsp3) is 0.484. The Labute approximate surface area is 236 Å². The average molecular weight is 545 g/mol. The Bertz CT molecular complexity index is 1330. The molecule has 2 aromatic heterocycles. The molecule has 1 saturated heterocycles. The third-order valence-corrected chi connectivity index (χ3v) is 8.11. The molecule has 2 aliphatic heterocycles. The molecule has 4 heterocycles. The van der Waals surface area contributed by atoms with Crippen molar-refractivity contribution in [3.05, 3.63) is 65.0 Å². The largest absolute Gasteiger partial charge is 0.481 e. The molecule has 1 amide bonds. The number of fused-ring (bicyclic) bond motifs is 1. The number of carbonyl (C=O) groups excluding carboxylic acids is 1. The summed E-state index contributed by atoms with van der Waals surface area (Å²) in [4.78, 5) is 32.3. The first-order valence-electron chi connectivity index (χ1n) is 14.4. The number of nitrogens with zero attached hydrogens (tertiary/aromatic N) is 4. The van der Waals surface area contributed by atoms with Crippen LogP contribution in [0.2, 0.25) is 0 Å². The van der Waals surface area contributed by atoms with Gasteiger partial charge in [0.2, 0.25) is 5.91 Å². The lowest BCUT2D eigenvalue weighted by atomic mass is 9.94. The lowest BCUT2D eigenvalue weighted by molar-refractivity contribution is -0.138. The van der Waals surface area contributed by atoms with Crippen molar-refractivity contribution in [1.29, 1.82) is 0 Å². The summed E-state index contributed by atoms with van der Waals surface area (Å²) in [5.74, 6) is -0.127. The van der Waals surface area contributed by atoms with E-state index in [0.717, 1.165) is 92.1 Å². The van der Waals surface area contributed by atoms with Crippen molar-refractivity contribution in [1.82, 2.24) is 25.0 Å². The number of aromatic nitrogens is 3. The first kappa shape index (κ1) is 27.8. The number of piperidine rings is 1. The summed E-state index contributed by atoms with van der Waals surface area (Å²) in [5.41, 5.74) is 6.17. The summed E-state index contributed by atoms with van der Waals surface area (Å²) in [6.07, 6.45) is 7.57. The number of aliphatic carboxylic acids is 1. The number of anilines is 1. The number of carboxylic acids is 1. The van der Waals surface area contributed by atoms with Gasteiger partial charge >= 0.3 is 5.97 Å². The SMILES string of the molecule is Cc1cnn(C)c1-c1cccc([C@H](CC(=O)O)NC(=O)[C@@H]2CCCN(CCCc3ccc4c(n3)NCCC4)C2)c1. The van der Waals surface area contributed by atoms with Crippen LogP contribution >= 0.6 is 0 Å². The van der Waals surface area contributed by atoms with Gasteiger partial charge in [-0.25, -0.2) is 4.98 Å². The maximum Gasteiger partial charge on any atom is 0.305 e. The van der Waals surface area contributed by atoms with Crippen LogP contribution in [-0.4, -0.2) is 62.8 Å². The Morgan fingerprint density at radius 2 is 2.10 bits per heavy atom. The number of pyridine rings is 1. The maximum absolute atomic E-state index is 13.4. The Kier molecular flexibility index (Phi) is 8.79. The second-order valence-electron chi connectivity index (χ2n) is 11.2. The van der Waals surface area contributed by atoms with Crippen molar-refractivity contribution < 1.29 is 14.7 Å². The summed E-state index contributed by atoms with van der Waals surface area (Å²) in [5, 5.41) is 20.4. The highest BCUT2D eigenvalue weighted by atomic mass is 16.4. The van der Waals surface area contributed by atoms with Gasteiger partial charge in [0.25, 0.3) is 0 Å². The van der Waals surface area contributed by atoms with Gasteiger partial charge in [-0.2, -0.15) is 5.10 Å². The minimum atomic E-state index is -0.941. The van der Waals surface area contributed by atoms with Gasteiger partial charge in [0, 0.05) is 31.4 Å². The average Bonchev–Trinajstić information content (AvgIpc) is 3.30. The molecule has 0 radical (unpaired) electrons. The molecule has 9 nitrogen and oxygen atoms in total. The number of amides is 1. The van der Waals surface area contributed by atoms with E-state index in [1.165, 1.54) is 5.56 Å². The molecule has 1 fully saturated rings. The number of nitrogens with one attached hydrogen (secondary N) is 2. The number of carbonyl (C=O) groups is 2. The highest BCUT2D eigenvalue weighted by Crippen LogP contribution is 2.28. The molecule has 0 saturated carbocycles. The molecule has 0 unspecified atom stereocenters. The number of benzene rings is 1. The van der Waals surface area contributed by atoms with Gasteiger partial charge in [-0.15, -0.1) is 0 Å². The summed E-state index contributed by atoms with van der Waals surface area (Å²) >= 11 is 0. The predicted octanol–water partition coefficient (Wildman–Crippen LogP) is 4.13. The van der Waals surface area contributed by atoms with E-state index in [2.05, 4.69) is 32.8 Å². The van der Waals surface area contributed by atoms with Gasteiger partial charge in [-0.1, -0.05) is 24.3 Å². The highest BCUT2D eigenvalue weighted by Gasteiger charge is 2.28. The molecule has 0 aliphatic carbocycles. The second-order valence-corrected chi connectivity index (χ2v) is 11.2. The normalized spacial score (nSPS) is 18.0. The van der Waals surface area contributed by atoms with Crippen LogP contribution in [0.1, 0.15) is 60.5 Å².